The highest BCUT2D eigenvalue weighted by Gasteiger charge is 2.05. The van der Waals surface area contributed by atoms with Gasteiger partial charge in [0.25, 0.3) is 0 Å². The van der Waals surface area contributed by atoms with Gasteiger partial charge in [0.15, 0.2) is 0 Å². The summed E-state index contributed by atoms with van der Waals surface area (Å²) in [7, 11) is 2.12. The van der Waals surface area contributed by atoms with Gasteiger partial charge in [-0.15, -0.1) is 0 Å². The topological polar surface area (TPSA) is 23.5 Å². The van der Waals surface area contributed by atoms with Crippen LogP contribution < -0.4 is 0 Å². The highest BCUT2D eigenvalue weighted by molar-refractivity contribution is 5.41. The summed E-state index contributed by atoms with van der Waals surface area (Å²) >= 11 is 0. The number of hydrogen-bond acceptors (Lipinski definition) is 2. The Hall–Kier alpha value is -1.30. The van der Waals surface area contributed by atoms with E-state index in [2.05, 4.69) is 43.7 Å². The Kier molecular flexibility index (Phi) is 5.76. The normalized spacial score (nSPS) is 10.5. The summed E-state index contributed by atoms with van der Waals surface area (Å²) in [6.07, 6.45) is 0. The Morgan fingerprint density at radius 3 is 2.65 bits per heavy atom. The van der Waals surface area contributed by atoms with Crippen molar-refractivity contribution in [3.05, 3.63) is 35.4 Å². The van der Waals surface area contributed by atoms with Gasteiger partial charge in [-0.1, -0.05) is 43.9 Å². The van der Waals surface area contributed by atoms with Gasteiger partial charge in [-0.2, -0.15) is 0 Å². The highest BCUT2D eigenvalue weighted by atomic mass is 16.2. The largest absolute Gasteiger partial charge is 0.384 e. The Bertz CT molecular complexity index is 401. The molecule has 1 aromatic rings. The molecule has 0 unspecified atom stereocenters. The van der Waals surface area contributed by atoms with Crippen LogP contribution in [0.4, 0.5) is 0 Å². The number of aliphatic hydroxyl groups is 1. The van der Waals surface area contributed by atoms with Gasteiger partial charge >= 0.3 is 0 Å². The molecule has 0 amide bonds. The fraction of sp³-hybridized carbons (Fsp3) is 0.467. The van der Waals surface area contributed by atoms with Crippen LogP contribution in [0.1, 0.15) is 25.0 Å². The Morgan fingerprint density at radius 2 is 2.00 bits per heavy atom. The lowest BCUT2D eigenvalue weighted by molar-refractivity contribution is 0.288. The van der Waals surface area contributed by atoms with Crippen LogP contribution in [0.3, 0.4) is 0 Å². The van der Waals surface area contributed by atoms with E-state index in [1.165, 1.54) is 5.56 Å². The first-order valence-corrected chi connectivity index (χ1v) is 5.99. The maximum Gasteiger partial charge on any atom is 0.104 e. The van der Waals surface area contributed by atoms with Crippen LogP contribution in [0.15, 0.2) is 24.3 Å². The van der Waals surface area contributed by atoms with Gasteiger partial charge in [0.05, 0.1) is 0 Å². The summed E-state index contributed by atoms with van der Waals surface area (Å²) in [6, 6.07) is 8.11. The third kappa shape index (κ3) is 5.04. The monoisotopic (exact) mass is 231 g/mol. The van der Waals surface area contributed by atoms with Crippen LogP contribution in [0, 0.1) is 17.8 Å². The average Bonchev–Trinajstić information content (AvgIpc) is 2.26. The van der Waals surface area contributed by atoms with E-state index in [4.69, 9.17) is 5.11 Å². The lowest BCUT2D eigenvalue weighted by Crippen LogP contribution is -2.23. The van der Waals surface area contributed by atoms with Crippen LogP contribution in [0.5, 0.6) is 0 Å². The summed E-state index contributed by atoms with van der Waals surface area (Å²) in [4.78, 5) is 2.30. The van der Waals surface area contributed by atoms with Crippen LogP contribution in [0.2, 0.25) is 0 Å². The SMILES string of the molecule is CC(C)CN(C)Cc1ccccc1C#CCO. The minimum Gasteiger partial charge on any atom is -0.384 e. The Morgan fingerprint density at radius 1 is 1.29 bits per heavy atom. The molecular formula is C15H21NO. The summed E-state index contributed by atoms with van der Waals surface area (Å²) in [5, 5.41) is 8.74. The van der Waals surface area contributed by atoms with E-state index in [1.807, 2.05) is 18.2 Å². The van der Waals surface area contributed by atoms with E-state index in [0.717, 1.165) is 18.7 Å². The molecule has 0 bridgehead atoms. The highest BCUT2D eigenvalue weighted by Crippen LogP contribution is 2.10. The molecule has 0 aliphatic carbocycles. The molecule has 0 fully saturated rings. The molecule has 2 nitrogen and oxygen atoms in total. The summed E-state index contributed by atoms with van der Waals surface area (Å²) < 4.78 is 0. The van der Waals surface area contributed by atoms with Crippen molar-refractivity contribution < 1.29 is 5.11 Å². The van der Waals surface area contributed by atoms with Gasteiger partial charge in [0, 0.05) is 18.7 Å². The molecule has 2 heteroatoms. The summed E-state index contributed by atoms with van der Waals surface area (Å²) in [5.74, 6) is 6.36. The van der Waals surface area contributed by atoms with E-state index < -0.39 is 0 Å². The van der Waals surface area contributed by atoms with Crippen molar-refractivity contribution in [2.24, 2.45) is 5.92 Å². The zero-order valence-electron chi connectivity index (χ0n) is 10.9. The average molecular weight is 231 g/mol. The van der Waals surface area contributed by atoms with Crippen LogP contribution in [0.25, 0.3) is 0 Å². The molecule has 0 aliphatic heterocycles. The number of nitrogens with zero attached hydrogens (tertiary/aromatic N) is 1. The summed E-state index contributed by atoms with van der Waals surface area (Å²) in [5.41, 5.74) is 2.23. The Labute approximate surface area is 104 Å². The minimum atomic E-state index is -0.0871. The molecule has 0 spiro atoms. The first-order chi connectivity index (χ1) is 8.13. The van der Waals surface area contributed by atoms with E-state index in [1.54, 1.807) is 0 Å². The second-order valence-electron chi connectivity index (χ2n) is 4.71. The van der Waals surface area contributed by atoms with Crippen molar-refractivity contribution in [2.45, 2.75) is 20.4 Å². The van der Waals surface area contributed by atoms with E-state index in [9.17, 15) is 0 Å². The first kappa shape index (κ1) is 13.8. The second kappa shape index (κ2) is 7.11. The third-order valence-electron chi connectivity index (χ3n) is 2.44. The maximum atomic E-state index is 8.74. The fourth-order valence-electron chi connectivity index (χ4n) is 1.89. The number of hydrogen-bond donors (Lipinski definition) is 1. The first-order valence-electron chi connectivity index (χ1n) is 5.99. The Balaban J connectivity index is 2.76. The van der Waals surface area contributed by atoms with Crippen LogP contribution >= 0.6 is 0 Å². The van der Waals surface area contributed by atoms with Gasteiger partial charge in [-0.05, 0) is 24.6 Å². The van der Waals surface area contributed by atoms with Gasteiger partial charge < -0.3 is 10.0 Å². The quantitative estimate of drug-likeness (QED) is 0.802. The van der Waals surface area contributed by atoms with Crippen molar-refractivity contribution in [3.63, 3.8) is 0 Å². The van der Waals surface area contributed by atoms with Crippen molar-refractivity contribution in [1.82, 2.24) is 4.90 Å². The van der Waals surface area contributed by atoms with Gasteiger partial charge in [0.1, 0.15) is 6.61 Å². The molecule has 1 N–H and O–H groups in total. The molecule has 0 aromatic heterocycles. The lowest BCUT2D eigenvalue weighted by atomic mass is 10.1. The van der Waals surface area contributed by atoms with E-state index >= 15 is 0 Å². The molecule has 1 rings (SSSR count). The van der Waals surface area contributed by atoms with Crippen LogP contribution in [-0.2, 0) is 6.54 Å². The number of benzene rings is 1. The lowest BCUT2D eigenvalue weighted by Gasteiger charge is -2.19. The zero-order chi connectivity index (χ0) is 12.7. The molecule has 0 aliphatic rings. The van der Waals surface area contributed by atoms with Gasteiger partial charge in [-0.25, -0.2) is 0 Å². The fourth-order valence-corrected chi connectivity index (χ4v) is 1.89. The predicted molar refractivity (Wildman–Crippen MR) is 71.6 cm³/mol. The molecule has 0 heterocycles. The molecule has 0 saturated heterocycles. The zero-order valence-corrected chi connectivity index (χ0v) is 10.9. The van der Waals surface area contributed by atoms with Crippen molar-refractivity contribution in [2.75, 3.05) is 20.2 Å². The number of aliphatic hydroxyl groups excluding tert-OH is 1. The molecular weight excluding hydrogens is 210 g/mol. The standard InChI is InChI=1S/C15H21NO/c1-13(2)11-16(3)12-15-8-5-4-7-14(15)9-6-10-17/h4-5,7-8,13,17H,10-12H2,1-3H3. The van der Waals surface area contributed by atoms with E-state index in [-0.39, 0.29) is 6.61 Å². The van der Waals surface area contributed by atoms with Gasteiger partial charge in [0.2, 0.25) is 0 Å². The van der Waals surface area contributed by atoms with E-state index in [0.29, 0.717) is 5.92 Å². The number of rotatable bonds is 4. The maximum absolute atomic E-state index is 8.74. The summed E-state index contributed by atoms with van der Waals surface area (Å²) in [6.45, 7) is 6.31. The van der Waals surface area contributed by atoms with Gasteiger partial charge in [-0.3, -0.25) is 0 Å². The third-order valence-corrected chi connectivity index (χ3v) is 2.44. The molecule has 0 saturated carbocycles. The van der Waals surface area contributed by atoms with Crippen molar-refractivity contribution >= 4 is 0 Å². The molecule has 1 aromatic carbocycles. The molecule has 0 radical (unpaired) electrons. The smallest absolute Gasteiger partial charge is 0.104 e. The predicted octanol–water partition coefficient (Wildman–Crippen LogP) is 2.12. The molecule has 92 valence electrons. The van der Waals surface area contributed by atoms with Crippen LogP contribution in [-0.4, -0.2) is 30.2 Å². The van der Waals surface area contributed by atoms with Crippen molar-refractivity contribution in [3.8, 4) is 11.8 Å². The molecule has 17 heavy (non-hydrogen) atoms. The minimum absolute atomic E-state index is 0.0871. The molecule has 0 atom stereocenters. The van der Waals surface area contributed by atoms with Crippen molar-refractivity contribution in [1.29, 1.82) is 0 Å². The second-order valence-corrected chi connectivity index (χ2v) is 4.71.